The zero-order valence-electron chi connectivity index (χ0n) is 6.42. The molecule has 62 valence electrons. The van der Waals surface area contributed by atoms with Crippen molar-refractivity contribution >= 4 is 5.97 Å². The van der Waals surface area contributed by atoms with Crippen LogP contribution in [0.15, 0.2) is 0 Å². The van der Waals surface area contributed by atoms with Gasteiger partial charge in [-0.1, -0.05) is 6.42 Å². The van der Waals surface area contributed by atoms with Crippen LogP contribution < -0.4 is 5.32 Å². The number of hydrogen-bond acceptors (Lipinski definition) is 2. The Morgan fingerprint density at radius 1 is 1.45 bits per heavy atom. The molecule has 3 nitrogen and oxygen atoms in total. The summed E-state index contributed by atoms with van der Waals surface area (Å²) in [6.45, 7) is 0. The summed E-state index contributed by atoms with van der Waals surface area (Å²) in [7, 11) is 0. The molecule has 0 aromatic rings. The van der Waals surface area contributed by atoms with Crippen molar-refractivity contribution in [1.29, 1.82) is 0 Å². The number of aliphatic carboxylic acids is 1. The number of carboxylic acids is 1. The van der Waals surface area contributed by atoms with Crippen LogP contribution in [0.2, 0.25) is 0 Å². The smallest absolute Gasteiger partial charge is 0.320 e. The summed E-state index contributed by atoms with van der Waals surface area (Å²) in [4.78, 5) is 10.7. The van der Waals surface area contributed by atoms with E-state index in [-0.39, 0.29) is 6.04 Å². The van der Waals surface area contributed by atoms with Crippen molar-refractivity contribution in [2.24, 2.45) is 5.92 Å². The summed E-state index contributed by atoms with van der Waals surface area (Å²) in [5.74, 6) is -0.259. The summed E-state index contributed by atoms with van der Waals surface area (Å²) in [6.07, 6.45) is 4.55. The first-order chi connectivity index (χ1) is 5.27. The predicted molar refractivity (Wildman–Crippen MR) is 40.3 cm³/mol. The standard InChI is InChI=1S/C8H13NO2/c10-8(11)7-5-2-1-3-6(4-5)9-7/h5-7,9H,1-4H2,(H,10,11). The van der Waals surface area contributed by atoms with E-state index in [1.54, 1.807) is 0 Å². The minimum absolute atomic E-state index is 0.248. The van der Waals surface area contributed by atoms with Gasteiger partial charge in [-0.25, -0.2) is 0 Å². The highest BCUT2D eigenvalue weighted by atomic mass is 16.4. The Labute approximate surface area is 65.8 Å². The van der Waals surface area contributed by atoms with Gasteiger partial charge >= 0.3 is 5.97 Å². The molecule has 1 aliphatic carbocycles. The minimum atomic E-state index is -0.667. The Kier molecular flexibility index (Phi) is 1.60. The van der Waals surface area contributed by atoms with Crippen LogP contribution in [0.5, 0.6) is 0 Å². The second kappa shape index (κ2) is 2.48. The van der Waals surface area contributed by atoms with Gasteiger partial charge in [0, 0.05) is 6.04 Å². The molecule has 2 N–H and O–H groups in total. The van der Waals surface area contributed by atoms with Crippen molar-refractivity contribution in [2.45, 2.75) is 37.8 Å². The molecule has 1 saturated heterocycles. The summed E-state index contributed by atoms with van der Waals surface area (Å²) >= 11 is 0. The van der Waals surface area contributed by atoms with Crippen LogP contribution in [0, 0.1) is 5.92 Å². The van der Waals surface area contributed by atoms with Crippen molar-refractivity contribution in [1.82, 2.24) is 5.32 Å². The van der Waals surface area contributed by atoms with E-state index >= 15 is 0 Å². The first-order valence-electron chi connectivity index (χ1n) is 4.26. The molecule has 3 atom stereocenters. The Bertz CT molecular complexity index is 181. The minimum Gasteiger partial charge on any atom is -0.480 e. The summed E-state index contributed by atoms with van der Waals surface area (Å²) in [5, 5.41) is 12.0. The lowest BCUT2D eigenvalue weighted by Gasteiger charge is -2.16. The van der Waals surface area contributed by atoms with E-state index < -0.39 is 5.97 Å². The second-order valence-electron chi connectivity index (χ2n) is 3.61. The molecule has 3 unspecified atom stereocenters. The van der Waals surface area contributed by atoms with E-state index in [0.717, 1.165) is 12.8 Å². The second-order valence-corrected chi connectivity index (χ2v) is 3.61. The van der Waals surface area contributed by atoms with Crippen LogP contribution in [0.3, 0.4) is 0 Å². The monoisotopic (exact) mass is 155 g/mol. The zero-order valence-corrected chi connectivity index (χ0v) is 6.42. The van der Waals surface area contributed by atoms with Crippen molar-refractivity contribution in [3.8, 4) is 0 Å². The maximum Gasteiger partial charge on any atom is 0.320 e. The average Bonchev–Trinajstić information content (AvgIpc) is 2.27. The summed E-state index contributed by atoms with van der Waals surface area (Å²) in [6, 6.07) is 0.248. The lowest BCUT2D eigenvalue weighted by Crippen LogP contribution is -2.36. The van der Waals surface area contributed by atoms with Crippen LogP contribution in [-0.2, 0) is 4.79 Å². The van der Waals surface area contributed by atoms with Crippen LogP contribution in [0.1, 0.15) is 25.7 Å². The van der Waals surface area contributed by atoms with Crippen molar-refractivity contribution in [3.05, 3.63) is 0 Å². The highest BCUT2D eigenvalue weighted by Crippen LogP contribution is 2.33. The molecular weight excluding hydrogens is 142 g/mol. The maximum atomic E-state index is 10.7. The fraction of sp³-hybridized carbons (Fsp3) is 0.875. The highest BCUT2D eigenvalue weighted by Gasteiger charge is 2.40. The third kappa shape index (κ3) is 1.13. The lowest BCUT2D eigenvalue weighted by atomic mass is 9.87. The molecule has 2 bridgehead atoms. The molecule has 0 spiro atoms. The van der Waals surface area contributed by atoms with Gasteiger partial charge in [-0.2, -0.15) is 0 Å². The topological polar surface area (TPSA) is 49.3 Å². The van der Waals surface area contributed by atoms with Crippen LogP contribution in [-0.4, -0.2) is 23.2 Å². The molecule has 3 heteroatoms. The molecule has 0 amide bonds. The van der Waals surface area contributed by atoms with Crippen LogP contribution in [0.25, 0.3) is 0 Å². The van der Waals surface area contributed by atoms with E-state index in [2.05, 4.69) is 5.32 Å². The molecule has 1 saturated carbocycles. The summed E-state index contributed by atoms with van der Waals surface area (Å²) in [5.41, 5.74) is 0. The van der Waals surface area contributed by atoms with Gasteiger partial charge in [0.1, 0.15) is 6.04 Å². The average molecular weight is 155 g/mol. The number of carboxylic acid groups (broad SMARTS) is 1. The zero-order chi connectivity index (χ0) is 7.84. The molecule has 1 aliphatic heterocycles. The number of rotatable bonds is 1. The third-order valence-corrected chi connectivity index (χ3v) is 2.87. The van der Waals surface area contributed by atoms with Gasteiger partial charge in [-0.05, 0) is 25.2 Å². The molecule has 1 heterocycles. The third-order valence-electron chi connectivity index (χ3n) is 2.87. The van der Waals surface area contributed by atoms with Gasteiger partial charge in [-0.3, -0.25) is 4.79 Å². The normalized spacial score (nSPS) is 42.4. The molecule has 2 fully saturated rings. The number of nitrogens with one attached hydrogen (secondary N) is 1. The number of fused-ring (bicyclic) bond motifs is 2. The Balaban J connectivity index is 2.08. The van der Waals surface area contributed by atoms with E-state index in [4.69, 9.17) is 5.11 Å². The molecule has 2 rings (SSSR count). The van der Waals surface area contributed by atoms with Crippen molar-refractivity contribution in [3.63, 3.8) is 0 Å². The summed E-state index contributed by atoms with van der Waals surface area (Å²) < 4.78 is 0. The van der Waals surface area contributed by atoms with Gasteiger partial charge in [-0.15, -0.1) is 0 Å². The lowest BCUT2D eigenvalue weighted by molar-refractivity contribution is -0.140. The fourth-order valence-corrected chi connectivity index (χ4v) is 2.34. The Morgan fingerprint density at radius 3 is 2.91 bits per heavy atom. The van der Waals surface area contributed by atoms with E-state index in [1.807, 2.05) is 0 Å². The van der Waals surface area contributed by atoms with Gasteiger partial charge in [0.25, 0.3) is 0 Å². The number of carbonyl (C=O) groups is 1. The Hall–Kier alpha value is -0.570. The fourth-order valence-electron chi connectivity index (χ4n) is 2.34. The SMILES string of the molecule is O=C(O)C1NC2CCCC1C2. The first kappa shape index (κ1) is 7.10. The molecular formula is C8H13NO2. The van der Waals surface area contributed by atoms with Gasteiger partial charge < -0.3 is 10.4 Å². The van der Waals surface area contributed by atoms with E-state index in [1.165, 1.54) is 12.8 Å². The largest absolute Gasteiger partial charge is 0.480 e. The number of hydrogen-bond donors (Lipinski definition) is 2. The molecule has 0 radical (unpaired) electrons. The Morgan fingerprint density at radius 2 is 2.27 bits per heavy atom. The van der Waals surface area contributed by atoms with Gasteiger partial charge in [0.2, 0.25) is 0 Å². The van der Waals surface area contributed by atoms with Gasteiger partial charge in [0.15, 0.2) is 0 Å². The van der Waals surface area contributed by atoms with E-state index in [9.17, 15) is 4.79 Å². The van der Waals surface area contributed by atoms with Crippen molar-refractivity contribution < 1.29 is 9.90 Å². The predicted octanol–water partition coefficient (Wildman–Crippen LogP) is 0.602. The van der Waals surface area contributed by atoms with Gasteiger partial charge in [0.05, 0.1) is 0 Å². The maximum absolute atomic E-state index is 10.7. The van der Waals surface area contributed by atoms with Crippen LogP contribution in [0.4, 0.5) is 0 Å². The highest BCUT2D eigenvalue weighted by molar-refractivity contribution is 5.74. The molecule has 11 heavy (non-hydrogen) atoms. The van der Waals surface area contributed by atoms with E-state index in [0.29, 0.717) is 12.0 Å². The molecule has 0 aromatic carbocycles. The first-order valence-corrected chi connectivity index (χ1v) is 4.26. The molecule has 0 aromatic heterocycles. The molecule has 2 aliphatic rings. The van der Waals surface area contributed by atoms with Crippen molar-refractivity contribution in [2.75, 3.05) is 0 Å². The van der Waals surface area contributed by atoms with Crippen LogP contribution >= 0.6 is 0 Å². The quantitative estimate of drug-likeness (QED) is 0.583.